The first-order chi connectivity index (χ1) is 16.5. The predicted octanol–water partition coefficient (Wildman–Crippen LogP) is 5.96. The lowest BCUT2D eigenvalue weighted by Crippen LogP contribution is -2.40. The van der Waals surface area contributed by atoms with Crippen molar-refractivity contribution in [2.75, 3.05) is 25.4 Å². The van der Waals surface area contributed by atoms with E-state index in [-0.39, 0.29) is 11.8 Å². The van der Waals surface area contributed by atoms with Gasteiger partial charge in [0.15, 0.2) is 0 Å². The fraction of sp³-hybridized carbons (Fsp3) is 0.375. The van der Waals surface area contributed by atoms with Crippen molar-refractivity contribution in [3.63, 3.8) is 0 Å². The van der Waals surface area contributed by atoms with E-state index in [2.05, 4.69) is 26.4 Å². The smallest absolute Gasteiger partial charge is 0.241 e. The maximum Gasteiger partial charge on any atom is 0.241 e. The molecule has 1 fully saturated rings. The van der Waals surface area contributed by atoms with Crippen molar-refractivity contribution in [3.05, 3.63) is 69.0 Å². The number of benzene rings is 2. The maximum absolute atomic E-state index is 12.5. The van der Waals surface area contributed by atoms with Gasteiger partial charge in [0.2, 0.25) is 17.6 Å². The Morgan fingerprint density at radius 1 is 1.12 bits per heavy atom. The number of hydrogen-bond donors (Lipinski definition) is 1. The van der Waals surface area contributed by atoms with Gasteiger partial charge in [0.25, 0.3) is 0 Å². The number of carbonyl (C=O) groups excluding carboxylic acids is 1. The molecule has 180 valence electrons. The molecular weight excluding hydrogens is 515 g/mol. The molecule has 2 heterocycles. The Bertz CT molecular complexity index is 1120. The number of hydrogen-bond acceptors (Lipinski definition) is 6. The SMILES string of the molecule is O=C(NCCSCc1cccc(Cl)c1)C1CCN(Cc2nc(-c3ccc(Cl)cc3Cl)no2)CC1. The molecule has 0 saturated carbocycles. The molecule has 1 N–H and O–H groups in total. The molecule has 10 heteroatoms. The summed E-state index contributed by atoms with van der Waals surface area (Å²) in [6, 6.07) is 13.0. The van der Waals surface area contributed by atoms with Gasteiger partial charge in [-0.25, -0.2) is 0 Å². The number of halogens is 3. The molecule has 0 spiro atoms. The van der Waals surface area contributed by atoms with Crippen molar-refractivity contribution in [1.82, 2.24) is 20.4 Å². The summed E-state index contributed by atoms with van der Waals surface area (Å²) in [6.45, 7) is 2.83. The van der Waals surface area contributed by atoms with E-state index in [9.17, 15) is 4.79 Å². The third-order valence-corrected chi connectivity index (χ3v) is 7.47. The van der Waals surface area contributed by atoms with Crippen LogP contribution in [0.1, 0.15) is 24.3 Å². The van der Waals surface area contributed by atoms with Crippen LogP contribution in [0.5, 0.6) is 0 Å². The van der Waals surface area contributed by atoms with Crippen molar-refractivity contribution in [2.45, 2.75) is 25.1 Å². The van der Waals surface area contributed by atoms with Crippen LogP contribution in [0.4, 0.5) is 0 Å². The summed E-state index contributed by atoms with van der Waals surface area (Å²) in [7, 11) is 0. The molecule has 34 heavy (non-hydrogen) atoms. The van der Waals surface area contributed by atoms with Crippen LogP contribution in [0, 0.1) is 5.92 Å². The van der Waals surface area contributed by atoms with Gasteiger partial charge in [0, 0.05) is 39.6 Å². The van der Waals surface area contributed by atoms with Crippen LogP contribution < -0.4 is 5.32 Å². The second kappa shape index (κ2) is 12.3. The van der Waals surface area contributed by atoms with E-state index in [1.807, 2.05) is 18.2 Å². The second-order valence-corrected chi connectivity index (χ2v) is 10.5. The van der Waals surface area contributed by atoms with E-state index in [4.69, 9.17) is 39.3 Å². The lowest BCUT2D eigenvalue weighted by atomic mass is 9.96. The van der Waals surface area contributed by atoms with Crippen molar-refractivity contribution in [1.29, 1.82) is 0 Å². The Labute approximate surface area is 218 Å². The van der Waals surface area contributed by atoms with Gasteiger partial charge in [-0.15, -0.1) is 0 Å². The third-order valence-electron chi connectivity index (χ3n) is 5.66. The van der Waals surface area contributed by atoms with Crippen molar-refractivity contribution < 1.29 is 9.32 Å². The number of rotatable bonds is 9. The molecule has 3 aromatic rings. The zero-order chi connectivity index (χ0) is 23.9. The standard InChI is InChI=1S/C24H25Cl3N4O2S/c25-18-3-1-2-16(12-18)15-34-11-8-28-24(32)17-6-9-31(10-7-17)14-22-29-23(30-33-22)20-5-4-19(26)13-21(20)27/h1-5,12-13,17H,6-11,14-15H2,(H,28,32). The summed E-state index contributed by atoms with van der Waals surface area (Å²) in [5.41, 5.74) is 1.88. The van der Waals surface area contributed by atoms with Crippen LogP contribution in [0.25, 0.3) is 11.4 Å². The molecular formula is C24H25Cl3N4O2S. The predicted molar refractivity (Wildman–Crippen MR) is 138 cm³/mol. The number of likely N-dealkylation sites (tertiary alicyclic amines) is 1. The number of nitrogens with zero attached hydrogens (tertiary/aromatic N) is 3. The number of carbonyl (C=O) groups is 1. The van der Waals surface area contributed by atoms with E-state index in [0.717, 1.165) is 42.5 Å². The molecule has 0 radical (unpaired) electrons. The van der Waals surface area contributed by atoms with Gasteiger partial charge in [-0.1, -0.05) is 52.1 Å². The number of nitrogens with one attached hydrogen (secondary N) is 1. The quantitative estimate of drug-likeness (QED) is 0.338. The van der Waals surface area contributed by atoms with Crippen LogP contribution in [0.2, 0.25) is 15.1 Å². The van der Waals surface area contributed by atoms with E-state index < -0.39 is 0 Å². The molecule has 2 aromatic carbocycles. The van der Waals surface area contributed by atoms with Gasteiger partial charge < -0.3 is 9.84 Å². The Balaban J connectivity index is 1.16. The van der Waals surface area contributed by atoms with Crippen molar-refractivity contribution in [2.24, 2.45) is 5.92 Å². The fourth-order valence-electron chi connectivity index (χ4n) is 3.85. The second-order valence-electron chi connectivity index (χ2n) is 8.16. The highest BCUT2D eigenvalue weighted by atomic mass is 35.5. The molecule has 0 unspecified atom stereocenters. The fourth-order valence-corrected chi connectivity index (χ4v) is 5.36. The first-order valence-corrected chi connectivity index (χ1v) is 13.4. The summed E-state index contributed by atoms with van der Waals surface area (Å²) in [5, 5.41) is 8.91. The van der Waals surface area contributed by atoms with Gasteiger partial charge in [-0.2, -0.15) is 16.7 Å². The summed E-state index contributed by atoms with van der Waals surface area (Å²) in [5.74, 6) is 2.91. The summed E-state index contributed by atoms with van der Waals surface area (Å²) in [6.07, 6.45) is 1.62. The summed E-state index contributed by atoms with van der Waals surface area (Å²) >= 11 is 20.0. The minimum Gasteiger partial charge on any atom is -0.355 e. The Kier molecular flexibility index (Phi) is 9.14. The number of thioether (sulfide) groups is 1. The van der Waals surface area contributed by atoms with Crippen LogP contribution >= 0.6 is 46.6 Å². The van der Waals surface area contributed by atoms with Crippen LogP contribution in [-0.2, 0) is 17.1 Å². The molecule has 1 aromatic heterocycles. The molecule has 1 aliphatic rings. The largest absolute Gasteiger partial charge is 0.355 e. The molecule has 6 nitrogen and oxygen atoms in total. The first kappa shape index (κ1) is 25.3. The van der Waals surface area contributed by atoms with Gasteiger partial charge in [0.05, 0.1) is 11.6 Å². The Morgan fingerprint density at radius 3 is 2.68 bits per heavy atom. The highest BCUT2D eigenvalue weighted by Gasteiger charge is 2.26. The number of amides is 1. The van der Waals surface area contributed by atoms with Crippen molar-refractivity contribution >= 4 is 52.5 Å². The number of piperidine rings is 1. The van der Waals surface area contributed by atoms with Crippen LogP contribution in [-0.4, -0.2) is 46.3 Å². The summed E-state index contributed by atoms with van der Waals surface area (Å²) < 4.78 is 5.41. The third kappa shape index (κ3) is 7.12. The topological polar surface area (TPSA) is 71.3 Å². The zero-order valence-corrected chi connectivity index (χ0v) is 21.6. The van der Waals surface area contributed by atoms with E-state index in [1.54, 1.807) is 30.0 Å². The summed E-state index contributed by atoms with van der Waals surface area (Å²) in [4.78, 5) is 19.2. The minimum absolute atomic E-state index is 0.0419. The van der Waals surface area contributed by atoms with Crippen LogP contribution in [0.3, 0.4) is 0 Å². The zero-order valence-electron chi connectivity index (χ0n) is 18.5. The minimum atomic E-state index is 0.0419. The van der Waals surface area contributed by atoms with Crippen LogP contribution in [0.15, 0.2) is 47.0 Å². The van der Waals surface area contributed by atoms with Gasteiger partial charge >= 0.3 is 0 Å². The first-order valence-electron chi connectivity index (χ1n) is 11.1. The average Bonchev–Trinajstić information content (AvgIpc) is 3.27. The highest BCUT2D eigenvalue weighted by Crippen LogP contribution is 2.29. The van der Waals surface area contributed by atoms with Gasteiger partial charge in [0.1, 0.15) is 0 Å². The normalized spacial score (nSPS) is 14.9. The molecule has 0 bridgehead atoms. The highest BCUT2D eigenvalue weighted by molar-refractivity contribution is 7.98. The molecule has 1 amide bonds. The average molecular weight is 540 g/mol. The van der Waals surface area contributed by atoms with Crippen molar-refractivity contribution in [3.8, 4) is 11.4 Å². The molecule has 1 aliphatic heterocycles. The molecule has 0 aliphatic carbocycles. The Morgan fingerprint density at radius 2 is 1.91 bits per heavy atom. The van der Waals surface area contributed by atoms with E-state index in [1.165, 1.54) is 5.56 Å². The number of aromatic nitrogens is 2. The molecule has 1 saturated heterocycles. The Hall–Kier alpha value is -1.77. The molecule has 0 atom stereocenters. The maximum atomic E-state index is 12.5. The monoisotopic (exact) mass is 538 g/mol. The van der Waals surface area contributed by atoms with Gasteiger partial charge in [-0.3, -0.25) is 9.69 Å². The van der Waals surface area contributed by atoms with E-state index in [0.29, 0.717) is 40.4 Å². The van der Waals surface area contributed by atoms with E-state index >= 15 is 0 Å². The van der Waals surface area contributed by atoms with Gasteiger partial charge in [-0.05, 0) is 61.8 Å². The molecule has 4 rings (SSSR count). The lowest BCUT2D eigenvalue weighted by Gasteiger charge is -2.30. The lowest BCUT2D eigenvalue weighted by molar-refractivity contribution is -0.126.